The van der Waals surface area contributed by atoms with Gasteiger partial charge in [0.15, 0.2) is 0 Å². The third-order valence-electron chi connectivity index (χ3n) is 4.86. The summed E-state index contributed by atoms with van der Waals surface area (Å²) in [4.78, 5) is 17.6. The standard InChI is InChI=1S/C19H21N7O2/c1-12-4-5-15(9-20-12)19-17(25(3)24-23-19)11-28-18-8-14-6-7-26(13(2)27)10-16(14)21-22-18/h4-5,8-9H,6-7,10-11H2,1-3H3. The largest absolute Gasteiger partial charge is 0.470 e. The predicted molar refractivity (Wildman–Crippen MR) is 100 cm³/mol. The average molecular weight is 379 g/mol. The number of nitrogens with zero attached hydrogens (tertiary/aromatic N) is 7. The normalized spacial score (nSPS) is 13.3. The van der Waals surface area contributed by atoms with Gasteiger partial charge in [-0.05, 0) is 31.0 Å². The SMILES string of the molecule is CC(=O)N1CCc2cc(OCc3c(-c4ccc(C)nc4)nnn3C)nnc2C1. The highest BCUT2D eigenvalue weighted by molar-refractivity contribution is 5.73. The Labute approximate surface area is 162 Å². The molecular formula is C19H21N7O2. The van der Waals surface area contributed by atoms with Crippen LogP contribution in [0.4, 0.5) is 0 Å². The monoisotopic (exact) mass is 379 g/mol. The molecule has 1 aliphatic heterocycles. The summed E-state index contributed by atoms with van der Waals surface area (Å²) in [6.45, 7) is 4.95. The van der Waals surface area contributed by atoms with Crippen LogP contribution in [-0.2, 0) is 31.4 Å². The number of ether oxygens (including phenoxy) is 1. The minimum atomic E-state index is 0.0506. The third kappa shape index (κ3) is 3.55. The van der Waals surface area contributed by atoms with E-state index in [-0.39, 0.29) is 12.5 Å². The van der Waals surface area contributed by atoms with Crippen LogP contribution in [0.2, 0.25) is 0 Å². The minimum Gasteiger partial charge on any atom is -0.470 e. The summed E-state index contributed by atoms with van der Waals surface area (Å²) < 4.78 is 7.57. The summed E-state index contributed by atoms with van der Waals surface area (Å²) in [5.41, 5.74) is 5.28. The third-order valence-corrected chi connectivity index (χ3v) is 4.86. The lowest BCUT2D eigenvalue weighted by Gasteiger charge is -2.26. The number of aryl methyl sites for hydroxylation is 2. The fourth-order valence-electron chi connectivity index (χ4n) is 3.15. The molecule has 28 heavy (non-hydrogen) atoms. The zero-order valence-corrected chi connectivity index (χ0v) is 16.1. The Morgan fingerprint density at radius 1 is 1.25 bits per heavy atom. The summed E-state index contributed by atoms with van der Waals surface area (Å²) in [6, 6.07) is 5.81. The van der Waals surface area contributed by atoms with Crippen LogP contribution in [0.5, 0.6) is 5.88 Å². The van der Waals surface area contributed by atoms with Crippen LogP contribution in [0.15, 0.2) is 24.4 Å². The highest BCUT2D eigenvalue weighted by Crippen LogP contribution is 2.23. The molecule has 3 aromatic rings. The van der Waals surface area contributed by atoms with Crippen molar-refractivity contribution in [1.29, 1.82) is 0 Å². The van der Waals surface area contributed by atoms with Crippen molar-refractivity contribution in [2.75, 3.05) is 6.54 Å². The number of carbonyl (C=O) groups excluding carboxylic acids is 1. The van der Waals surface area contributed by atoms with E-state index in [1.807, 2.05) is 32.2 Å². The molecule has 1 amide bonds. The van der Waals surface area contributed by atoms with Gasteiger partial charge in [0.1, 0.15) is 18.0 Å². The molecule has 0 atom stereocenters. The van der Waals surface area contributed by atoms with Crippen molar-refractivity contribution in [3.63, 3.8) is 0 Å². The topological polar surface area (TPSA) is 98.9 Å². The summed E-state index contributed by atoms with van der Waals surface area (Å²) in [7, 11) is 1.83. The second kappa shape index (κ2) is 7.34. The molecule has 9 heteroatoms. The number of hydrogen-bond donors (Lipinski definition) is 0. The van der Waals surface area contributed by atoms with Crippen LogP contribution in [0.25, 0.3) is 11.3 Å². The van der Waals surface area contributed by atoms with Crippen molar-refractivity contribution < 1.29 is 9.53 Å². The van der Waals surface area contributed by atoms with Crippen LogP contribution in [0.1, 0.15) is 29.6 Å². The first-order valence-electron chi connectivity index (χ1n) is 9.06. The lowest BCUT2D eigenvalue weighted by atomic mass is 10.1. The minimum absolute atomic E-state index is 0.0506. The Hall–Kier alpha value is -3.36. The van der Waals surface area contributed by atoms with E-state index in [2.05, 4.69) is 25.5 Å². The zero-order chi connectivity index (χ0) is 19.7. The van der Waals surface area contributed by atoms with Gasteiger partial charge in [-0.25, -0.2) is 4.68 Å². The first kappa shape index (κ1) is 18.0. The van der Waals surface area contributed by atoms with Gasteiger partial charge in [-0.1, -0.05) is 5.21 Å². The smallest absolute Gasteiger partial charge is 0.234 e. The van der Waals surface area contributed by atoms with Crippen molar-refractivity contribution in [3.05, 3.63) is 47.0 Å². The number of amides is 1. The molecule has 1 aliphatic rings. The molecule has 144 valence electrons. The molecule has 0 unspecified atom stereocenters. The Bertz CT molecular complexity index is 1010. The molecule has 0 fully saturated rings. The summed E-state index contributed by atoms with van der Waals surface area (Å²) in [6.07, 6.45) is 2.52. The number of hydrogen-bond acceptors (Lipinski definition) is 7. The molecule has 9 nitrogen and oxygen atoms in total. The summed E-state index contributed by atoms with van der Waals surface area (Å²) in [5, 5.41) is 16.8. The number of pyridine rings is 1. The molecule has 0 saturated carbocycles. The molecule has 3 aromatic heterocycles. The second-order valence-electron chi connectivity index (χ2n) is 6.83. The van der Waals surface area contributed by atoms with E-state index in [1.165, 1.54) is 0 Å². The van der Waals surface area contributed by atoms with Gasteiger partial charge < -0.3 is 9.64 Å². The first-order chi connectivity index (χ1) is 13.5. The van der Waals surface area contributed by atoms with Gasteiger partial charge in [0.25, 0.3) is 0 Å². The Kier molecular flexibility index (Phi) is 4.72. The molecule has 0 saturated heterocycles. The van der Waals surface area contributed by atoms with E-state index in [1.54, 1.807) is 22.7 Å². The molecule has 0 aliphatic carbocycles. The maximum Gasteiger partial charge on any atom is 0.234 e. The molecule has 0 aromatic carbocycles. The number of aromatic nitrogens is 6. The van der Waals surface area contributed by atoms with Gasteiger partial charge >= 0.3 is 0 Å². The number of fused-ring (bicyclic) bond motifs is 1. The molecule has 0 bridgehead atoms. The lowest BCUT2D eigenvalue weighted by molar-refractivity contribution is -0.129. The number of rotatable bonds is 4. The van der Waals surface area contributed by atoms with Crippen molar-refractivity contribution >= 4 is 5.91 Å². The van der Waals surface area contributed by atoms with E-state index < -0.39 is 0 Å². The molecule has 0 radical (unpaired) electrons. The van der Waals surface area contributed by atoms with Gasteiger partial charge in [-0.2, -0.15) is 0 Å². The molecule has 4 rings (SSSR count). The Morgan fingerprint density at radius 2 is 2.11 bits per heavy atom. The molecular weight excluding hydrogens is 358 g/mol. The van der Waals surface area contributed by atoms with Crippen LogP contribution >= 0.6 is 0 Å². The quantitative estimate of drug-likeness (QED) is 0.677. The summed E-state index contributed by atoms with van der Waals surface area (Å²) in [5.74, 6) is 0.499. The predicted octanol–water partition coefficient (Wildman–Crippen LogP) is 1.46. The fourth-order valence-corrected chi connectivity index (χ4v) is 3.15. The molecule has 4 heterocycles. The highest BCUT2D eigenvalue weighted by atomic mass is 16.5. The fraction of sp³-hybridized carbons (Fsp3) is 0.368. The highest BCUT2D eigenvalue weighted by Gasteiger charge is 2.21. The summed E-state index contributed by atoms with van der Waals surface area (Å²) >= 11 is 0. The first-order valence-corrected chi connectivity index (χ1v) is 9.06. The van der Waals surface area contributed by atoms with Crippen LogP contribution in [-0.4, -0.2) is 47.5 Å². The van der Waals surface area contributed by atoms with E-state index in [4.69, 9.17) is 4.74 Å². The molecule has 0 N–H and O–H groups in total. The second-order valence-corrected chi connectivity index (χ2v) is 6.83. The maximum atomic E-state index is 11.5. The van der Waals surface area contributed by atoms with Crippen LogP contribution in [0.3, 0.4) is 0 Å². The van der Waals surface area contributed by atoms with E-state index in [0.29, 0.717) is 19.0 Å². The van der Waals surface area contributed by atoms with Crippen LogP contribution in [0, 0.1) is 6.92 Å². The van der Waals surface area contributed by atoms with E-state index >= 15 is 0 Å². The van der Waals surface area contributed by atoms with Gasteiger partial charge in [-0.15, -0.1) is 15.3 Å². The Morgan fingerprint density at radius 3 is 2.86 bits per heavy atom. The van der Waals surface area contributed by atoms with Gasteiger partial charge in [0, 0.05) is 44.0 Å². The van der Waals surface area contributed by atoms with Gasteiger partial charge in [0.05, 0.1) is 12.2 Å². The molecule has 0 spiro atoms. The van der Waals surface area contributed by atoms with Crippen LogP contribution < -0.4 is 4.74 Å². The lowest BCUT2D eigenvalue weighted by Crippen LogP contribution is -2.35. The van der Waals surface area contributed by atoms with E-state index in [9.17, 15) is 4.79 Å². The van der Waals surface area contributed by atoms with Gasteiger partial charge in [0.2, 0.25) is 11.8 Å². The Balaban J connectivity index is 1.51. The van der Waals surface area contributed by atoms with Crippen molar-refractivity contribution in [2.24, 2.45) is 7.05 Å². The zero-order valence-electron chi connectivity index (χ0n) is 16.1. The average Bonchev–Trinajstić information content (AvgIpc) is 3.06. The maximum absolute atomic E-state index is 11.5. The van der Waals surface area contributed by atoms with Crippen molar-refractivity contribution in [2.45, 2.75) is 33.4 Å². The van der Waals surface area contributed by atoms with Crippen molar-refractivity contribution in [1.82, 2.24) is 35.1 Å². The number of carbonyl (C=O) groups is 1. The van der Waals surface area contributed by atoms with E-state index in [0.717, 1.165) is 40.3 Å². The van der Waals surface area contributed by atoms with Crippen molar-refractivity contribution in [3.8, 4) is 17.1 Å². The van der Waals surface area contributed by atoms with Gasteiger partial charge in [-0.3, -0.25) is 9.78 Å².